The molecule has 0 saturated carbocycles. The minimum Gasteiger partial charge on any atom is -0.376 e. The van der Waals surface area contributed by atoms with Crippen LogP contribution in [0.3, 0.4) is 0 Å². The van der Waals surface area contributed by atoms with Crippen molar-refractivity contribution in [2.45, 2.75) is 45.5 Å². The van der Waals surface area contributed by atoms with Gasteiger partial charge in [-0.1, -0.05) is 6.07 Å². The van der Waals surface area contributed by atoms with E-state index in [1.807, 2.05) is 44.0 Å². The van der Waals surface area contributed by atoms with E-state index in [1.54, 1.807) is 6.20 Å². The zero-order valence-electron chi connectivity index (χ0n) is 13.3. The van der Waals surface area contributed by atoms with E-state index in [-0.39, 0.29) is 12.1 Å². The average molecular weight is 296 g/mol. The highest BCUT2D eigenvalue weighted by molar-refractivity contribution is 5.08. The summed E-state index contributed by atoms with van der Waals surface area (Å²) >= 11 is 0. The molecule has 1 aromatic heterocycles. The summed E-state index contributed by atoms with van der Waals surface area (Å²) in [5.41, 5.74) is 1.03. The molecule has 0 aliphatic carbocycles. The molecule has 2 N–H and O–H groups in total. The maximum Gasteiger partial charge on any atom is 0.164 e. The fourth-order valence-corrected chi connectivity index (χ4v) is 2.03. The van der Waals surface area contributed by atoms with Crippen LogP contribution in [0.25, 0.3) is 0 Å². The number of hydrogen-bond acceptors (Lipinski definition) is 5. The maximum absolute atomic E-state index is 9.18. The van der Waals surface area contributed by atoms with Gasteiger partial charge in [-0.2, -0.15) is 0 Å². The molecule has 0 aromatic carbocycles. The van der Waals surface area contributed by atoms with E-state index < -0.39 is 6.29 Å². The highest BCUT2D eigenvalue weighted by atomic mass is 16.5. The van der Waals surface area contributed by atoms with Gasteiger partial charge in [0.15, 0.2) is 6.29 Å². The molecule has 120 valence electrons. The lowest BCUT2D eigenvalue weighted by Crippen LogP contribution is -2.35. The van der Waals surface area contributed by atoms with Gasteiger partial charge in [-0.3, -0.25) is 9.88 Å². The van der Waals surface area contributed by atoms with Gasteiger partial charge < -0.3 is 14.9 Å². The molecule has 21 heavy (non-hydrogen) atoms. The van der Waals surface area contributed by atoms with E-state index in [9.17, 15) is 10.2 Å². The van der Waals surface area contributed by atoms with Crippen molar-refractivity contribution in [3.05, 3.63) is 30.1 Å². The Balaban J connectivity index is 2.33. The number of hydrogen-bond donors (Lipinski definition) is 2. The topological polar surface area (TPSA) is 65.8 Å². The van der Waals surface area contributed by atoms with Crippen molar-refractivity contribution in [3.63, 3.8) is 0 Å². The second kappa shape index (κ2) is 9.10. The number of ether oxygens (including phenoxy) is 1. The van der Waals surface area contributed by atoms with Crippen LogP contribution in [0.15, 0.2) is 24.5 Å². The molecule has 5 heteroatoms. The Morgan fingerprint density at radius 3 is 2.62 bits per heavy atom. The maximum atomic E-state index is 9.18. The van der Waals surface area contributed by atoms with Crippen LogP contribution in [-0.2, 0) is 11.2 Å². The van der Waals surface area contributed by atoms with E-state index >= 15 is 0 Å². The molecule has 0 aliphatic rings. The zero-order valence-corrected chi connectivity index (χ0v) is 13.3. The largest absolute Gasteiger partial charge is 0.376 e. The Kier molecular flexibility index (Phi) is 7.82. The molecule has 0 amide bonds. The molecule has 1 aromatic rings. The van der Waals surface area contributed by atoms with Crippen LogP contribution < -0.4 is 0 Å². The molecule has 0 unspecified atom stereocenters. The molecular formula is C16H28N2O3. The van der Waals surface area contributed by atoms with Crippen molar-refractivity contribution >= 4 is 0 Å². The molecule has 0 radical (unpaired) electrons. The second-order valence-electron chi connectivity index (χ2n) is 6.21. The van der Waals surface area contributed by atoms with Crippen LogP contribution in [0.2, 0.25) is 0 Å². The SMILES string of the molecule is CC(C)(C)OCCCN(CCc1cccnc1)CC(O)O. The first-order chi connectivity index (χ1) is 9.87. The molecule has 0 fully saturated rings. The van der Waals surface area contributed by atoms with Gasteiger partial charge >= 0.3 is 0 Å². The van der Waals surface area contributed by atoms with Crippen molar-refractivity contribution < 1.29 is 14.9 Å². The lowest BCUT2D eigenvalue weighted by molar-refractivity contribution is -0.0637. The molecule has 0 atom stereocenters. The normalized spacial score (nSPS) is 12.3. The first kappa shape index (κ1) is 18.0. The zero-order chi connectivity index (χ0) is 15.7. The summed E-state index contributed by atoms with van der Waals surface area (Å²) in [6.07, 6.45) is 4.01. The number of rotatable bonds is 9. The number of nitrogens with zero attached hydrogens (tertiary/aromatic N) is 2. The quantitative estimate of drug-likeness (QED) is 0.533. The third-order valence-electron chi connectivity index (χ3n) is 3.01. The lowest BCUT2D eigenvalue weighted by Gasteiger charge is -2.24. The number of aliphatic hydroxyl groups is 2. The summed E-state index contributed by atoms with van der Waals surface area (Å²) < 4.78 is 5.69. The smallest absolute Gasteiger partial charge is 0.164 e. The third kappa shape index (κ3) is 9.52. The summed E-state index contributed by atoms with van der Waals surface area (Å²) in [7, 11) is 0. The monoisotopic (exact) mass is 296 g/mol. The van der Waals surface area contributed by atoms with Gasteiger partial charge in [0.2, 0.25) is 0 Å². The predicted octanol–water partition coefficient (Wildman–Crippen LogP) is 1.44. The van der Waals surface area contributed by atoms with E-state index in [4.69, 9.17) is 4.74 Å². The van der Waals surface area contributed by atoms with Crippen LogP contribution in [0.1, 0.15) is 32.8 Å². The Morgan fingerprint density at radius 2 is 2.05 bits per heavy atom. The van der Waals surface area contributed by atoms with E-state index in [2.05, 4.69) is 4.98 Å². The highest BCUT2D eigenvalue weighted by Crippen LogP contribution is 2.08. The van der Waals surface area contributed by atoms with Gasteiger partial charge in [0, 0.05) is 38.6 Å². The molecule has 0 saturated heterocycles. The van der Waals surface area contributed by atoms with Gasteiger partial charge in [0.05, 0.1) is 5.60 Å². The molecular weight excluding hydrogens is 268 g/mol. The first-order valence-electron chi connectivity index (χ1n) is 7.48. The Labute approximate surface area is 127 Å². The van der Waals surface area contributed by atoms with Crippen LogP contribution in [-0.4, -0.2) is 58.2 Å². The van der Waals surface area contributed by atoms with Gasteiger partial charge in [-0.05, 0) is 45.2 Å². The highest BCUT2D eigenvalue weighted by Gasteiger charge is 2.12. The molecule has 5 nitrogen and oxygen atoms in total. The molecule has 1 heterocycles. The fraction of sp³-hybridized carbons (Fsp3) is 0.688. The summed E-state index contributed by atoms with van der Waals surface area (Å²) in [6, 6.07) is 3.95. The molecule has 0 bridgehead atoms. The van der Waals surface area contributed by atoms with Crippen molar-refractivity contribution in [2.24, 2.45) is 0 Å². The van der Waals surface area contributed by atoms with Crippen LogP contribution in [0.5, 0.6) is 0 Å². The second-order valence-corrected chi connectivity index (χ2v) is 6.21. The van der Waals surface area contributed by atoms with Crippen molar-refractivity contribution in [1.29, 1.82) is 0 Å². The van der Waals surface area contributed by atoms with E-state index in [1.165, 1.54) is 0 Å². The Hall–Kier alpha value is -1.01. The van der Waals surface area contributed by atoms with Gasteiger partial charge in [0.25, 0.3) is 0 Å². The van der Waals surface area contributed by atoms with Crippen molar-refractivity contribution in [2.75, 3.05) is 26.2 Å². The van der Waals surface area contributed by atoms with E-state index in [0.29, 0.717) is 6.61 Å². The summed E-state index contributed by atoms with van der Waals surface area (Å²) in [5.74, 6) is 0. The van der Waals surface area contributed by atoms with E-state index in [0.717, 1.165) is 31.5 Å². The van der Waals surface area contributed by atoms with Crippen LogP contribution in [0.4, 0.5) is 0 Å². The third-order valence-corrected chi connectivity index (χ3v) is 3.01. The Bertz CT molecular complexity index is 377. The fourth-order valence-electron chi connectivity index (χ4n) is 2.03. The number of aliphatic hydroxyl groups excluding tert-OH is 1. The van der Waals surface area contributed by atoms with Crippen molar-refractivity contribution in [3.8, 4) is 0 Å². The minimum atomic E-state index is -1.30. The van der Waals surface area contributed by atoms with Crippen LogP contribution >= 0.6 is 0 Å². The first-order valence-corrected chi connectivity index (χ1v) is 7.48. The number of aromatic nitrogens is 1. The summed E-state index contributed by atoms with van der Waals surface area (Å²) in [4.78, 5) is 6.13. The average Bonchev–Trinajstić information content (AvgIpc) is 2.40. The summed E-state index contributed by atoms with van der Waals surface area (Å²) in [6.45, 7) is 8.59. The standard InChI is InChI=1S/C16H28N2O3/c1-16(2,3)21-11-5-9-18(13-15(19)20)10-7-14-6-4-8-17-12-14/h4,6,8,12,15,19-20H,5,7,9-11,13H2,1-3H3. The summed E-state index contributed by atoms with van der Waals surface area (Å²) in [5, 5.41) is 18.4. The Morgan fingerprint density at radius 1 is 1.29 bits per heavy atom. The molecule has 1 rings (SSSR count). The predicted molar refractivity (Wildman–Crippen MR) is 82.9 cm³/mol. The van der Waals surface area contributed by atoms with Crippen LogP contribution in [0, 0.1) is 0 Å². The molecule has 0 spiro atoms. The van der Waals surface area contributed by atoms with Gasteiger partial charge in [0.1, 0.15) is 0 Å². The minimum absolute atomic E-state index is 0.128. The molecule has 0 aliphatic heterocycles. The number of pyridine rings is 1. The van der Waals surface area contributed by atoms with Crippen molar-refractivity contribution in [1.82, 2.24) is 9.88 Å². The van der Waals surface area contributed by atoms with Gasteiger partial charge in [-0.15, -0.1) is 0 Å². The lowest BCUT2D eigenvalue weighted by atomic mass is 10.2. The van der Waals surface area contributed by atoms with Gasteiger partial charge in [-0.25, -0.2) is 0 Å².